The van der Waals surface area contributed by atoms with Crippen LogP contribution in [0, 0.1) is 6.57 Å². The summed E-state index contributed by atoms with van der Waals surface area (Å²) < 4.78 is 5.55. The molecule has 2 heteroatoms. The van der Waals surface area contributed by atoms with Crippen LogP contribution in [0.15, 0.2) is 18.2 Å². The van der Waals surface area contributed by atoms with Gasteiger partial charge in [0.1, 0.15) is 5.75 Å². The van der Waals surface area contributed by atoms with Crippen molar-refractivity contribution < 1.29 is 4.74 Å². The van der Waals surface area contributed by atoms with Crippen molar-refractivity contribution in [2.45, 2.75) is 39.7 Å². The van der Waals surface area contributed by atoms with Crippen LogP contribution in [-0.2, 0) is 0 Å². The van der Waals surface area contributed by atoms with Crippen LogP contribution in [0.1, 0.15) is 50.8 Å². The van der Waals surface area contributed by atoms with Gasteiger partial charge in [-0.25, -0.2) is 6.57 Å². The van der Waals surface area contributed by atoms with Gasteiger partial charge in [0.25, 0.3) is 0 Å². The lowest BCUT2D eigenvalue weighted by Gasteiger charge is -2.13. The first-order chi connectivity index (χ1) is 7.60. The number of hydrogen-bond acceptors (Lipinski definition) is 1. The van der Waals surface area contributed by atoms with E-state index in [2.05, 4.69) is 30.8 Å². The molecule has 0 amide bonds. The van der Waals surface area contributed by atoms with E-state index in [9.17, 15) is 0 Å². The minimum absolute atomic E-state index is 0.139. The zero-order valence-electron chi connectivity index (χ0n) is 10.4. The molecule has 86 valence electrons. The maximum atomic E-state index is 7.12. The molecule has 1 aromatic carbocycles. The lowest BCUT2D eigenvalue weighted by atomic mass is 9.97. The molecular formula is C14H19NO. The molecule has 16 heavy (non-hydrogen) atoms. The molecule has 1 unspecified atom stereocenters. The monoisotopic (exact) mass is 217 g/mol. The van der Waals surface area contributed by atoms with Crippen LogP contribution in [0.2, 0.25) is 0 Å². The van der Waals surface area contributed by atoms with E-state index >= 15 is 0 Å². The molecule has 0 aliphatic rings. The van der Waals surface area contributed by atoms with Crippen molar-refractivity contribution >= 4 is 0 Å². The van der Waals surface area contributed by atoms with Gasteiger partial charge in [-0.2, -0.15) is 0 Å². The lowest BCUT2D eigenvalue weighted by molar-refractivity contribution is 0.335. The van der Waals surface area contributed by atoms with E-state index in [4.69, 9.17) is 11.3 Å². The second kappa shape index (κ2) is 5.55. The Labute approximate surface area is 98.1 Å². The molecule has 2 nitrogen and oxygen atoms in total. The molecule has 0 aliphatic carbocycles. The summed E-state index contributed by atoms with van der Waals surface area (Å²) in [5.74, 6) is 1.32. The minimum atomic E-state index is -0.139. The number of nitrogens with zero attached hydrogens (tertiary/aromatic N) is 1. The Bertz CT molecular complexity index is 390. The first-order valence-electron chi connectivity index (χ1n) is 5.73. The van der Waals surface area contributed by atoms with Gasteiger partial charge in [0.2, 0.25) is 6.04 Å². The Morgan fingerprint density at radius 1 is 1.31 bits per heavy atom. The van der Waals surface area contributed by atoms with Gasteiger partial charge in [0.05, 0.1) is 12.2 Å². The maximum Gasteiger partial charge on any atom is 0.249 e. The van der Waals surface area contributed by atoms with Crippen molar-refractivity contribution in [3.8, 4) is 5.75 Å². The Balaban J connectivity index is 3.16. The third-order valence-corrected chi connectivity index (χ3v) is 2.64. The Kier molecular flexibility index (Phi) is 4.37. The van der Waals surface area contributed by atoms with Crippen LogP contribution < -0.4 is 4.74 Å². The van der Waals surface area contributed by atoms with E-state index in [0.29, 0.717) is 12.5 Å². The summed E-state index contributed by atoms with van der Waals surface area (Å²) in [6, 6.07) is 6.02. The number of rotatable bonds is 4. The summed E-state index contributed by atoms with van der Waals surface area (Å²) in [7, 11) is 0. The fraction of sp³-hybridized carbons (Fsp3) is 0.500. The molecule has 0 N–H and O–H groups in total. The highest BCUT2D eigenvalue weighted by Crippen LogP contribution is 2.30. The highest BCUT2D eigenvalue weighted by molar-refractivity contribution is 5.41. The molecule has 1 atom stereocenters. The predicted octanol–water partition coefficient (Wildman–Crippen LogP) is 4.19. The zero-order valence-corrected chi connectivity index (χ0v) is 10.4. The van der Waals surface area contributed by atoms with Gasteiger partial charge in [-0.1, -0.05) is 19.9 Å². The summed E-state index contributed by atoms with van der Waals surface area (Å²) in [4.78, 5) is 3.57. The molecule has 0 saturated carbocycles. The van der Waals surface area contributed by atoms with Gasteiger partial charge in [-0.15, -0.1) is 0 Å². The SMILES string of the molecule is [C-]#[N+]C(C)c1cc(C(C)C)ccc1OCC. The van der Waals surface area contributed by atoms with Gasteiger partial charge >= 0.3 is 0 Å². The van der Waals surface area contributed by atoms with E-state index in [1.54, 1.807) is 0 Å². The smallest absolute Gasteiger partial charge is 0.249 e. The van der Waals surface area contributed by atoms with Crippen molar-refractivity contribution in [3.05, 3.63) is 40.7 Å². The molecule has 0 fully saturated rings. The average molecular weight is 217 g/mol. The predicted molar refractivity (Wildman–Crippen MR) is 66.7 cm³/mol. The third kappa shape index (κ3) is 2.76. The average Bonchev–Trinajstić information content (AvgIpc) is 2.28. The van der Waals surface area contributed by atoms with E-state index in [1.165, 1.54) is 5.56 Å². The second-order valence-electron chi connectivity index (χ2n) is 4.19. The van der Waals surface area contributed by atoms with Crippen molar-refractivity contribution in [3.63, 3.8) is 0 Å². The van der Waals surface area contributed by atoms with Crippen LogP contribution in [0.4, 0.5) is 0 Å². The second-order valence-corrected chi connectivity index (χ2v) is 4.19. The highest BCUT2D eigenvalue weighted by Gasteiger charge is 2.16. The standard InChI is InChI=1S/C14H19NO/c1-6-16-14-8-7-12(10(2)3)9-13(14)11(4)15-5/h7-11H,6H2,1-4H3. The van der Waals surface area contributed by atoms with Gasteiger partial charge in [0, 0.05) is 6.92 Å². The van der Waals surface area contributed by atoms with Crippen molar-refractivity contribution in [1.82, 2.24) is 0 Å². The summed E-state index contributed by atoms with van der Waals surface area (Å²) in [5.41, 5.74) is 2.26. The molecule has 1 rings (SSSR count). The fourth-order valence-electron chi connectivity index (χ4n) is 1.61. The van der Waals surface area contributed by atoms with Crippen molar-refractivity contribution in [1.29, 1.82) is 0 Å². The van der Waals surface area contributed by atoms with Crippen molar-refractivity contribution in [2.75, 3.05) is 6.61 Å². The van der Waals surface area contributed by atoms with Crippen LogP contribution in [-0.4, -0.2) is 6.61 Å². The molecule has 0 spiro atoms. The molecule has 0 aliphatic heterocycles. The van der Waals surface area contributed by atoms with E-state index in [0.717, 1.165) is 11.3 Å². The van der Waals surface area contributed by atoms with Crippen molar-refractivity contribution in [2.24, 2.45) is 0 Å². The van der Waals surface area contributed by atoms with Gasteiger partial charge in [0.15, 0.2) is 0 Å². The van der Waals surface area contributed by atoms with Crippen LogP contribution >= 0.6 is 0 Å². The van der Waals surface area contributed by atoms with Gasteiger partial charge in [-0.05, 0) is 30.5 Å². The largest absolute Gasteiger partial charge is 0.493 e. The van der Waals surface area contributed by atoms with Gasteiger partial charge < -0.3 is 9.58 Å². The normalized spacial score (nSPS) is 12.2. The van der Waals surface area contributed by atoms with Crippen LogP contribution in [0.3, 0.4) is 0 Å². The first kappa shape index (κ1) is 12.6. The lowest BCUT2D eigenvalue weighted by Crippen LogP contribution is -2.00. The quantitative estimate of drug-likeness (QED) is 0.689. The van der Waals surface area contributed by atoms with E-state index in [-0.39, 0.29) is 6.04 Å². The van der Waals surface area contributed by atoms with Crippen LogP contribution in [0.5, 0.6) is 5.75 Å². The Morgan fingerprint density at radius 2 is 2.00 bits per heavy atom. The minimum Gasteiger partial charge on any atom is -0.493 e. The van der Waals surface area contributed by atoms with Crippen LogP contribution in [0.25, 0.3) is 4.85 Å². The molecule has 0 bridgehead atoms. The Hall–Kier alpha value is -1.49. The highest BCUT2D eigenvalue weighted by atomic mass is 16.5. The zero-order chi connectivity index (χ0) is 12.1. The fourth-order valence-corrected chi connectivity index (χ4v) is 1.61. The van der Waals surface area contributed by atoms with E-state index < -0.39 is 0 Å². The molecule has 0 heterocycles. The summed E-state index contributed by atoms with van der Waals surface area (Å²) in [6.45, 7) is 15.9. The maximum absolute atomic E-state index is 7.12. The topological polar surface area (TPSA) is 13.6 Å². The molecule has 0 radical (unpaired) electrons. The Morgan fingerprint density at radius 3 is 2.50 bits per heavy atom. The van der Waals surface area contributed by atoms with E-state index in [1.807, 2.05) is 19.9 Å². The molecule has 0 saturated heterocycles. The molecule has 1 aromatic rings. The number of hydrogen-bond donors (Lipinski definition) is 0. The molecule has 0 aromatic heterocycles. The summed E-state index contributed by atoms with van der Waals surface area (Å²) in [6.07, 6.45) is 0. The summed E-state index contributed by atoms with van der Waals surface area (Å²) in [5, 5.41) is 0. The number of benzene rings is 1. The first-order valence-corrected chi connectivity index (χ1v) is 5.73. The molecular weight excluding hydrogens is 198 g/mol. The van der Waals surface area contributed by atoms with Gasteiger partial charge in [-0.3, -0.25) is 0 Å². The number of ether oxygens (including phenoxy) is 1. The summed E-state index contributed by atoms with van der Waals surface area (Å²) >= 11 is 0. The third-order valence-electron chi connectivity index (χ3n) is 2.64.